The molecule has 0 aliphatic carbocycles. The van der Waals surface area contributed by atoms with Crippen molar-refractivity contribution in [3.63, 3.8) is 0 Å². The third-order valence-electron chi connectivity index (χ3n) is 2.14. The van der Waals surface area contributed by atoms with Crippen LogP contribution in [-0.2, 0) is 26.7 Å². The molecule has 0 heterocycles. The van der Waals surface area contributed by atoms with Crippen molar-refractivity contribution in [1.29, 1.82) is 0 Å². The minimum absolute atomic E-state index is 0.116. The lowest BCUT2D eigenvalue weighted by Gasteiger charge is -2.42. The fourth-order valence-electron chi connectivity index (χ4n) is 1.90. The van der Waals surface area contributed by atoms with E-state index < -0.39 is 45.7 Å². The van der Waals surface area contributed by atoms with Crippen LogP contribution in [-0.4, -0.2) is 57.0 Å². The molecule has 25 heavy (non-hydrogen) atoms. The average Bonchev–Trinajstić information content (AvgIpc) is 2.27. The third-order valence-corrected chi connectivity index (χ3v) is 13.7. The number of ether oxygens (including phenoxy) is 1. The molecule has 0 atom stereocenters. The maximum absolute atomic E-state index is 11.8. The molecule has 0 aromatic heterocycles. The van der Waals surface area contributed by atoms with Crippen LogP contribution in [0.3, 0.4) is 0 Å². The summed E-state index contributed by atoms with van der Waals surface area (Å²) in [5.74, 6) is -1.97. The highest BCUT2D eigenvalue weighted by atomic mass is 28.5. The second-order valence-electron chi connectivity index (χ2n) is 8.61. The first-order chi connectivity index (χ1) is 10.9. The molecule has 0 aromatic carbocycles. The Balaban J connectivity index is 5.57. The van der Waals surface area contributed by atoms with Gasteiger partial charge in [-0.05, 0) is 58.9 Å². The van der Waals surface area contributed by atoms with Gasteiger partial charge in [-0.3, -0.25) is 0 Å². The van der Waals surface area contributed by atoms with Crippen molar-refractivity contribution >= 4 is 45.7 Å². The largest absolute Gasteiger partial charge is 0.509 e. The Labute approximate surface area is 155 Å². The molecule has 0 aliphatic rings. The predicted molar refractivity (Wildman–Crippen MR) is 107 cm³/mol. The van der Waals surface area contributed by atoms with Crippen molar-refractivity contribution in [1.82, 2.24) is 0 Å². The number of aliphatic carboxylic acids is 1. The summed E-state index contributed by atoms with van der Waals surface area (Å²) in [5.41, 5.74) is 0. The number of carboxylic acids is 1. The lowest BCUT2D eigenvalue weighted by atomic mass is 10.5. The lowest BCUT2D eigenvalue weighted by molar-refractivity contribution is -0.138. The zero-order valence-electron chi connectivity index (χ0n) is 16.8. The lowest BCUT2D eigenvalue weighted by Crippen LogP contribution is -2.63. The molecule has 0 aliphatic heterocycles. The van der Waals surface area contributed by atoms with E-state index in [1.54, 1.807) is 0 Å². The first-order valence-electron chi connectivity index (χ1n) is 8.11. The van der Waals surface area contributed by atoms with E-state index in [4.69, 9.17) is 22.2 Å². The van der Waals surface area contributed by atoms with Gasteiger partial charge in [0.25, 0.3) is 0 Å². The molecule has 0 spiro atoms. The Morgan fingerprint density at radius 3 is 1.40 bits per heavy atom. The predicted octanol–water partition coefficient (Wildman–Crippen LogP) is 3.20. The molecule has 0 rings (SSSR count). The highest BCUT2D eigenvalue weighted by molar-refractivity contribution is 6.90. The van der Waals surface area contributed by atoms with Crippen LogP contribution in [0, 0.1) is 0 Å². The second-order valence-corrected chi connectivity index (χ2v) is 25.4. The van der Waals surface area contributed by atoms with Gasteiger partial charge in [0.15, 0.2) is 31.2 Å². The Kier molecular flexibility index (Phi) is 8.68. The van der Waals surface area contributed by atoms with Crippen LogP contribution < -0.4 is 0 Å². The van der Waals surface area contributed by atoms with E-state index >= 15 is 0 Å². The van der Waals surface area contributed by atoms with E-state index in [-0.39, 0.29) is 6.23 Å². The standard InChI is InChI=1S/C14H32O7Si4/c1-22(2,3)19-25(20-23(4,5)6,21-24(7,8)9)12-18-14(17)11-10-13(15)16/h10-11H,12H2,1-9H3,(H,15,16). The van der Waals surface area contributed by atoms with Crippen LogP contribution in [0.15, 0.2) is 12.2 Å². The van der Waals surface area contributed by atoms with Gasteiger partial charge in [0.2, 0.25) is 0 Å². The normalized spacial score (nSPS) is 14.0. The van der Waals surface area contributed by atoms with E-state index in [1.165, 1.54) is 0 Å². The fourth-order valence-corrected chi connectivity index (χ4v) is 15.7. The maximum Gasteiger partial charge on any atom is 0.509 e. The van der Waals surface area contributed by atoms with Gasteiger partial charge in [0, 0.05) is 12.2 Å². The number of esters is 1. The number of carboxylic acid groups (broad SMARTS) is 1. The van der Waals surface area contributed by atoms with E-state index in [1.807, 2.05) is 58.9 Å². The second kappa shape index (κ2) is 8.88. The van der Waals surface area contributed by atoms with Crippen molar-refractivity contribution in [2.45, 2.75) is 58.9 Å². The first-order valence-corrected chi connectivity index (χ1v) is 20.3. The minimum atomic E-state index is -3.26. The molecule has 0 bridgehead atoms. The van der Waals surface area contributed by atoms with Crippen molar-refractivity contribution in [2.24, 2.45) is 0 Å². The number of hydrogen-bond acceptors (Lipinski definition) is 6. The first kappa shape index (κ1) is 24.4. The molecule has 0 unspecified atom stereocenters. The summed E-state index contributed by atoms with van der Waals surface area (Å²) in [7, 11) is -9.40. The molecular formula is C14H32O7Si4. The highest BCUT2D eigenvalue weighted by Gasteiger charge is 2.51. The smallest absolute Gasteiger partial charge is 0.478 e. The van der Waals surface area contributed by atoms with E-state index in [0.717, 1.165) is 12.2 Å². The highest BCUT2D eigenvalue weighted by Crippen LogP contribution is 2.26. The molecular weight excluding hydrogens is 392 g/mol. The zero-order chi connectivity index (χ0) is 20.1. The van der Waals surface area contributed by atoms with Gasteiger partial charge in [-0.25, -0.2) is 9.59 Å². The number of rotatable bonds is 10. The summed E-state index contributed by atoms with van der Waals surface area (Å²) in [6.07, 6.45) is 1.50. The van der Waals surface area contributed by atoms with Gasteiger partial charge in [0.1, 0.15) is 0 Å². The zero-order valence-corrected chi connectivity index (χ0v) is 20.8. The van der Waals surface area contributed by atoms with Crippen molar-refractivity contribution in [3.8, 4) is 0 Å². The van der Waals surface area contributed by atoms with Crippen LogP contribution in [0.1, 0.15) is 0 Å². The Bertz CT molecular complexity index is 460. The summed E-state index contributed by atoms with van der Waals surface area (Å²) < 4.78 is 24.3. The third kappa shape index (κ3) is 13.3. The Morgan fingerprint density at radius 1 is 0.760 bits per heavy atom. The van der Waals surface area contributed by atoms with E-state index in [2.05, 4.69) is 0 Å². The van der Waals surface area contributed by atoms with Crippen molar-refractivity contribution < 1.29 is 31.8 Å². The molecule has 0 aromatic rings. The van der Waals surface area contributed by atoms with Gasteiger partial charge in [-0.2, -0.15) is 0 Å². The van der Waals surface area contributed by atoms with Crippen molar-refractivity contribution in [3.05, 3.63) is 12.2 Å². The molecule has 7 nitrogen and oxygen atoms in total. The Hall–Kier alpha value is -0.572. The van der Waals surface area contributed by atoms with Crippen LogP contribution >= 0.6 is 0 Å². The van der Waals surface area contributed by atoms with Gasteiger partial charge in [0.05, 0.1) is 0 Å². The summed E-state index contributed by atoms with van der Waals surface area (Å²) in [5, 5.41) is 8.61. The summed E-state index contributed by atoms with van der Waals surface area (Å²) >= 11 is 0. The van der Waals surface area contributed by atoms with Crippen LogP contribution in [0.25, 0.3) is 0 Å². The van der Waals surface area contributed by atoms with E-state index in [0.29, 0.717) is 0 Å². The molecule has 0 fully saturated rings. The van der Waals surface area contributed by atoms with Gasteiger partial charge < -0.3 is 22.2 Å². The monoisotopic (exact) mass is 424 g/mol. The molecule has 1 N–H and O–H groups in total. The number of carbonyl (C=O) groups excluding carboxylic acids is 1. The molecule has 0 radical (unpaired) electrons. The van der Waals surface area contributed by atoms with Crippen LogP contribution in [0.2, 0.25) is 58.9 Å². The van der Waals surface area contributed by atoms with Crippen molar-refractivity contribution in [2.75, 3.05) is 6.23 Å². The molecule has 0 amide bonds. The van der Waals surface area contributed by atoms with Gasteiger partial charge >= 0.3 is 20.7 Å². The number of carbonyl (C=O) groups is 2. The SMILES string of the molecule is C[Si](C)(C)O[Si](COC(=O)C=CC(=O)O)(O[Si](C)(C)C)O[Si](C)(C)C. The molecule has 146 valence electrons. The quantitative estimate of drug-likeness (QED) is 0.327. The summed E-state index contributed by atoms with van der Waals surface area (Å²) in [6.45, 7) is 18.3. The molecule has 0 saturated carbocycles. The topological polar surface area (TPSA) is 91.3 Å². The number of hydrogen-bond donors (Lipinski definition) is 1. The minimum Gasteiger partial charge on any atom is -0.478 e. The average molecular weight is 425 g/mol. The molecule has 11 heteroatoms. The molecule has 0 saturated heterocycles. The van der Waals surface area contributed by atoms with E-state index in [9.17, 15) is 9.59 Å². The Morgan fingerprint density at radius 2 is 1.12 bits per heavy atom. The van der Waals surface area contributed by atoms with Gasteiger partial charge in [-0.15, -0.1) is 0 Å². The van der Waals surface area contributed by atoms with Crippen LogP contribution in [0.4, 0.5) is 0 Å². The summed E-state index contributed by atoms with van der Waals surface area (Å²) in [4.78, 5) is 22.3. The fraction of sp³-hybridized carbons (Fsp3) is 0.714. The maximum atomic E-state index is 11.8. The van der Waals surface area contributed by atoms with Gasteiger partial charge in [-0.1, -0.05) is 0 Å². The summed E-state index contributed by atoms with van der Waals surface area (Å²) in [6, 6.07) is 0. The van der Waals surface area contributed by atoms with Crippen LogP contribution in [0.5, 0.6) is 0 Å².